The number of rotatable bonds is 4. The number of nitrogens with one attached hydrogen (secondary N) is 1. The predicted octanol–water partition coefficient (Wildman–Crippen LogP) is 5.53. The number of carbonyl (C=O) groups excluding carboxylic acids is 2. The Bertz CT molecular complexity index is 1180. The summed E-state index contributed by atoms with van der Waals surface area (Å²) in [5.74, 6) is -0.105. The van der Waals surface area contributed by atoms with Crippen LogP contribution in [0.25, 0.3) is 10.9 Å². The number of amides is 2. The number of benzene rings is 1. The van der Waals surface area contributed by atoms with Crippen molar-refractivity contribution in [1.29, 1.82) is 0 Å². The molecule has 0 radical (unpaired) electrons. The second kappa shape index (κ2) is 7.83. The Kier molecular flexibility index (Phi) is 5.46. The van der Waals surface area contributed by atoms with Gasteiger partial charge in [-0.25, -0.2) is 0 Å². The zero-order chi connectivity index (χ0) is 22.5. The summed E-state index contributed by atoms with van der Waals surface area (Å²) in [7, 11) is 0. The smallest absolute Gasteiger partial charge is 0.273 e. The van der Waals surface area contributed by atoms with Crippen LogP contribution in [0.1, 0.15) is 71.0 Å². The molecule has 0 fully saturated rings. The van der Waals surface area contributed by atoms with E-state index in [1.165, 1.54) is 16.2 Å². The van der Waals surface area contributed by atoms with Gasteiger partial charge in [-0.15, -0.1) is 11.3 Å². The highest BCUT2D eigenvalue weighted by Crippen LogP contribution is 2.44. The number of thiophene rings is 1. The number of anilines is 1. The molecular formula is C25H31N3O2S. The lowest BCUT2D eigenvalue weighted by molar-refractivity contribution is 0.1000. The molecule has 6 heteroatoms. The maximum atomic E-state index is 13.4. The SMILES string of the molecule is CCn1c(C(=O)Nc2sc3c(c2C(N)=O)CCC(C(C)(C)C)C3)c(C)c2ccccc21. The van der Waals surface area contributed by atoms with Crippen LogP contribution in [-0.4, -0.2) is 16.4 Å². The second-order valence-corrected chi connectivity index (χ2v) is 10.7. The third-order valence-electron chi connectivity index (χ3n) is 6.72. The van der Waals surface area contributed by atoms with E-state index in [0.717, 1.165) is 41.3 Å². The first-order chi connectivity index (χ1) is 14.6. The standard InChI is InChI=1S/C25H31N3O2S/c1-6-28-18-10-8-7-9-16(18)14(2)21(28)23(30)27-24-20(22(26)29)17-12-11-15(25(3,4)5)13-19(17)31-24/h7-10,15H,6,11-13H2,1-5H3,(H2,26,29)(H,27,30). The first kappa shape index (κ1) is 21.6. The van der Waals surface area contributed by atoms with Gasteiger partial charge in [0.1, 0.15) is 10.7 Å². The molecule has 1 aliphatic rings. The summed E-state index contributed by atoms with van der Waals surface area (Å²) in [6.07, 6.45) is 2.79. The Morgan fingerprint density at radius 1 is 1.26 bits per heavy atom. The number of hydrogen-bond acceptors (Lipinski definition) is 3. The van der Waals surface area contributed by atoms with Gasteiger partial charge < -0.3 is 15.6 Å². The molecule has 1 atom stereocenters. The summed E-state index contributed by atoms with van der Waals surface area (Å²) in [5.41, 5.74) is 10.1. The summed E-state index contributed by atoms with van der Waals surface area (Å²) in [5, 5.41) is 4.71. The Morgan fingerprint density at radius 2 is 1.97 bits per heavy atom. The van der Waals surface area contributed by atoms with Gasteiger partial charge >= 0.3 is 0 Å². The van der Waals surface area contributed by atoms with Gasteiger partial charge in [0, 0.05) is 22.3 Å². The number of carbonyl (C=O) groups is 2. The number of hydrogen-bond donors (Lipinski definition) is 2. The third-order valence-corrected chi connectivity index (χ3v) is 7.89. The number of aromatic nitrogens is 1. The van der Waals surface area contributed by atoms with E-state index >= 15 is 0 Å². The van der Waals surface area contributed by atoms with Crippen molar-refractivity contribution >= 4 is 39.1 Å². The second-order valence-electron chi connectivity index (χ2n) is 9.57. The van der Waals surface area contributed by atoms with Crippen LogP contribution in [0.5, 0.6) is 0 Å². The van der Waals surface area contributed by atoms with E-state index < -0.39 is 5.91 Å². The summed E-state index contributed by atoms with van der Waals surface area (Å²) < 4.78 is 2.03. The summed E-state index contributed by atoms with van der Waals surface area (Å²) in [6, 6.07) is 8.05. The molecular weight excluding hydrogens is 406 g/mol. The molecule has 2 amide bonds. The molecule has 3 N–H and O–H groups in total. The Balaban J connectivity index is 1.73. The molecule has 1 aliphatic carbocycles. The van der Waals surface area contributed by atoms with Crippen molar-refractivity contribution in [3.63, 3.8) is 0 Å². The highest BCUT2D eigenvalue weighted by molar-refractivity contribution is 7.17. The van der Waals surface area contributed by atoms with Crippen molar-refractivity contribution in [3.05, 3.63) is 51.5 Å². The van der Waals surface area contributed by atoms with Crippen LogP contribution in [0, 0.1) is 18.3 Å². The molecule has 2 heterocycles. The molecule has 1 unspecified atom stereocenters. The summed E-state index contributed by atoms with van der Waals surface area (Å²) in [4.78, 5) is 27.0. The Hall–Kier alpha value is -2.60. The first-order valence-corrected chi connectivity index (χ1v) is 11.8. The van der Waals surface area contributed by atoms with Gasteiger partial charge in [-0.05, 0) is 61.6 Å². The average Bonchev–Trinajstić information content (AvgIpc) is 3.21. The molecule has 0 saturated heterocycles. The fourth-order valence-corrected chi connectivity index (χ4v) is 6.26. The van der Waals surface area contributed by atoms with E-state index in [1.807, 2.05) is 42.7 Å². The number of primary amides is 1. The van der Waals surface area contributed by atoms with Gasteiger partial charge in [0.05, 0.1) is 5.56 Å². The van der Waals surface area contributed by atoms with Crippen LogP contribution in [0.15, 0.2) is 24.3 Å². The lowest BCUT2D eigenvalue weighted by Gasteiger charge is -2.33. The van der Waals surface area contributed by atoms with Crippen LogP contribution in [0.3, 0.4) is 0 Å². The highest BCUT2D eigenvalue weighted by Gasteiger charge is 2.34. The maximum Gasteiger partial charge on any atom is 0.273 e. The topological polar surface area (TPSA) is 77.1 Å². The maximum absolute atomic E-state index is 13.4. The molecule has 164 valence electrons. The van der Waals surface area contributed by atoms with Crippen molar-refractivity contribution < 1.29 is 9.59 Å². The fraction of sp³-hybridized carbons (Fsp3) is 0.440. The van der Waals surface area contributed by atoms with Gasteiger partial charge in [-0.1, -0.05) is 39.0 Å². The predicted molar refractivity (Wildman–Crippen MR) is 128 cm³/mol. The van der Waals surface area contributed by atoms with E-state index in [1.54, 1.807) is 0 Å². The zero-order valence-electron chi connectivity index (χ0n) is 19.0. The normalized spacial score (nSPS) is 16.4. The fourth-order valence-electron chi connectivity index (χ4n) is 4.93. The Morgan fingerprint density at radius 3 is 2.61 bits per heavy atom. The van der Waals surface area contributed by atoms with Gasteiger partial charge in [0.2, 0.25) is 0 Å². The van der Waals surface area contributed by atoms with Gasteiger partial charge in [-0.3, -0.25) is 9.59 Å². The molecule has 0 saturated carbocycles. The van der Waals surface area contributed by atoms with Crippen molar-refractivity contribution in [2.45, 2.75) is 60.4 Å². The number of para-hydroxylation sites is 1. The summed E-state index contributed by atoms with van der Waals surface area (Å²) in [6.45, 7) is 11.5. The van der Waals surface area contributed by atoms with Crippen LogP contribution in [-0.2, 0) is 19.4 Å². The van der Waals surface area contributed by atoms with E-state index in [9.17, 15) is 9.59 Å². The van der Waals surface area contributed by atoms with E-state index in [2.05, 4.69) is 26.1 Å². The van der Waals surface area contributed by atoms with Gasteiger partial charge in [0.25, 0.3) is 11.8 Å². The van der Waals surface area contributed by atoms with Crippen molar-refractivity contribution in [2.24, 2.45) is 17.1 Å². The lowest BCUT2D eigenvalue weighted by atomic mass is 9.72. The number of nitrogens with two attached hydrogens (primary N) is 1. The minimum atomic E-state index is -0.463. The molecule has 1 aromatic carbocycles. The summed E-state index contributed by atoms with van der Waals surface area (Å²) >= 11 is 1.52. The molecule has 4 rings (SSSR count). The first-order valence-electron chi connectivity index (χ1n) is 11.0. The molecule has 2 aromatic heterocycles. The highest BCUT2D eigenvalue weighted by atomic mass is 32.1. The minimum Gasteiger partial charge on any atom is -0.365 e. The third kappa shape index (κ3) is 3.67. The molecule has 31 heavy (non-hydrogen) atoms. The Labute approximate surface area is 187 Å². The molecule has 3 aromatic rings. The van der Waals surface area contributed by atoms with Crippen molar-refractivity contribution in [2.75, 3.05) is 5.32 Å². The van der Waals surface area contributed by atoms with Crippen LogP contribution >= 0.6 is 11.3 Å². The quantitative estimate of drug-likeness (QED) is 0.563. The van der Waals surface area contributed by atoms with E-state index in [4.69, 9.17) is 5.73 Å². The largest absolute Gasteiger partial charge is 0.365 e. The molecule has 0 bridgehead atoms. The number of aryl methyl sites for hydroxylation is 2. The monoisotopic (exact) mass is 437 g/mol. The van der Waals surface area contributed by atoms with Gasteiger partial charge in [-0.2, -0.15) is 0 Å². The van der Waals surface area contributed by atoms with Crippen LogP contribution in [0.2, 0.25) is 0 Å². The molecule has 5 nitrogen and oxygen atoms in total. The van der Waals surface area contributed by atoms with Crippen molar-refractivity contribution in [1.82, 2.24) is 4.57 Å². The molecule has 0 spiro atoms. The van der Waals surface area contributed by atoms with Crippen LogP contribution in [0.4, 0.5) is 5.00 Å². The van der Waals surface area contributed by atoms with E-state index in [0.29, 0.717) is 28.7 Å². The average molecular weight is 438 g/mol. The van der Waals surface area contributed by atoms with Crippen molar-refractivity contribution in [3.8, 4) is 0 Å². The lowest BCUT2D eigenvalue weighted by Crippen LogP contribution is -2.27. The van der Waals surface area contributed by atoms with Gasteiger partial charge in [0.15, 0.2) is 0 Å². The minimum absolute atomic E-state index is 0.191. The number of nitrogens with zero attached hydrogens (tertiary/aromatic N) is 1. The molecule has 0 aliphatic heterocycles. The zero-order valence-corrected chi connectivity index (χ0v) is 19.8. The van der Waals surface area contributed by atoms with E-state index in [-0.39, 0.29) is 11.3 Å². The number of fused-ring (bicyclic) bond motifs is 2. The van der Waals surface area contributed by atoms with Crippen LogP contribution < -0.4 is 11.1 Å².